The van der Waals surface area contributed by atoms with Crippen molar-refractivity contribution in [3.05, 3.63) is 58.9 Å². The fourth-order valence-electron chi connectivity index (χ4n) is 3.28. The number of hydrogen-bond acceptors (Lipinski definition) is 6. The van der Waals surface area contributed by atoms with Gasteiger partial charge in [0.25, 0.3) is 11.9 Å². The summed E-state index contributed by atoms with van der Waals surface area (Å²) in [5.41, 5.74) is 16.4. The second kappa shape index (κ2) is 14.9. The van der Waals surface area contributed by atoms with E-state index in [9.17, 15) is 27.2 Å². The molecule has 0 radical (unpaired) electrons. The van der Waals surface area contributed by atoms with Gasteiger partial charge in [0, 0.05) is 11.3 Å². The van der Waals surface area contributed by atoms with Gasteiger partial charge >= 0.3 is 0 Å². The number of benzene rings is 1. The SMILES string of the molecule is NCCCCC(N)C(=O)NC(CCCCN)C(=O)Nc1ccc(C#Cc2c(F)c(F)nc(F)c2F)cc1. The summed E-state index contributed by atoms with van der Waals surface area (Å²) in [5, 5.41) is 5.37. The Labute approximate surface area is 212 Å². The van der Waals surface area contributed by atoms with Gasteiger partial charge in [0.2, 0.25) is 11.8 Å². The zero-order valence-electron chi connectivity index (χ0n) is 20.1. The molecule has 0 aliphatic carbocycles. The van der Waals surface area contributed by atoms with Crippen LogP contribution in [0.4, 0.5) is 23.2 Å². The van der Waals surface area contributed by atoms with Gasteiger partial charge in [0.05, 0.1) is 6.04 Å². The Kier molecular flexibility index (Phi) is 12.0. The van der Waals surface area contributed by atoms with Crippen LogP contribution < -0.4 is 27.8 Å². The van der Waals surface area contributed by atoms with Crippen LogP contribution in [0.3, 0.4) is 0 Å². The lowest BCUT2D eigenvalue weighted by Gasteiger charge is -2.21. The lowest BCUT2D eigenvalue weighted by atomic mass is 10.1. The molecule has 0 spiro atoms. The van der Waals surface area contributed by atoms with Crippen molar-refractivity contribution in [1.29, 1.82) is 0 Å². The minimum Gasteiger partial charge on any atom is -0.343 e. The average Bonchev–Trinajstić information content (AvgIpc) is 2.87. The van der Waals surface area contributed by atoms with Crippen molar-refractivity contribution in [1.82, 2.24) is 10.3 Å². The molecule has 1 aromatic heterocycles. The molecule has 1 heterocycles. The third kappa shape index (κ3) is 9.13. The summed E-state index contributed by atoms with van der Waals surface area (Å²) in [6.07, 6.45) is 3.49. The first-order valence-electron chi connectivity index (χ1n) is 11.8. The van der Waals surface area contributed by atoms with Gasteiger partial charge in [0.1, 0.15) is 11.6 Å². The van der Waals surface area contributed by atoms with E-state index in [1.165, 1.54) is 24.3 Å². The number of pyridine rings is 1. The van der Waals surface area contributed by atoms with Crippen LogP contribution in [0.25, 0.3) is 0 Å². The fourth-order valence-corrected chi connectivity index (χ4v) is 3.28. The number of nitrogens with zero attached hydrogens (tertiary/aromatic N) is 1. The Balaban J connectivity index is 2.08. The van der Waals surface area contributed by atoms with Crippen molar-refractivity contribution >= 4 is 17.5 Å². The zero-order valence-corrected chi connectivity index (χ0v) is 20.1. The summed E-state index contributed by atoms with van der Waals surface area (Å²) in [6.45, 7) is 0.938. The van der Waals surface area contributed by atoms with Crippen LogP contribution >= 0.6 is 0 Å². The molecule has 0 aliphatic heterocycles. The van der Waals surface area contributed by atoms with Crippen LogP contribution in [-0.4, -0.2) is 42.0 Å². The highest BCUT2D eigenvalue weighted by atomic mass is 19.2. The number of unbranched alkanes of at least 4 members (excludes halogenated alkanes) is 2. The number of nitrogens with one attached hydrogen (secondary N) is 2. The number of aromatic nitrogens is 1. The average molecular weight is 523 g/mol. The van der Waals surface area contributed by atoms with E-state index in [2.05, 4.69) is 27.5 Å². The first-order valence-corrected chi connectivity index (χ1v) is 11.8. The number of anilines is 1. The number of carbonyl (C=O) groups is 2. The number of nitrogens with two attached hydrogens (primary N) is 3. The van der Waals surface area contributed by atoms with Crippen molar-refractivity contribution in [2.24, 2.45) is 17.2 Å². The monoisotopic (exact) mass is 522 g/mol. The minimum absolute atomic E-state index is 0.255. The molecule has 200 valence electrons. The number of carbonyl (C=O) groups excluding carboxylic acids is 2. The number of rotatable bonds is 12. The number of hydrogen-bond donors (Lipinski definition) is 5. The maximum Gasteiger partial charge on any atom is 0.253 e. The summed E-state index contributed by atoms with van der Waals surface area (Å²) in [5.74, 6) is -3.45. The molecule has 2 atom stereocenters. The first kappa shape index (κ1) is 29.7. The Hall–Kier alpha value is -3.53. The third-order valence-electron chi connectivity index (χ3n) is 5.37. The molecule has 12 heteroatoms. The van der Waals surface area contributed by atoms with E-state index in [0.29, 0.717) is 50.9 Å². The largest absolute Gasteiger partial charge is 0.343 e. The van der Waals surface area contributed by atoms with E-state index in [4.69, 9.17) is 17.2 Å². The fraction of sp³-hybridized carbons (Fsp3) is 0.400. The van der Waals surface area contributed by atoms with Crippen LogP contribution in [0.2, 0.25) is 0 Å². The first-order chi connectivity index (χ1) is 17.7. The van der Waals surface area contributed by atoms with E-state index in [1.807, 2.05) is 0 Å². The molecule has 2 rings (SSSR count). The van der Waals surface area contributed by atoms with Crippen LogP contribution in [0.1, 0.15) is 49.7 Å². The maximum atomic E-state index is 13.7. The predicted octanol–water partition coefficient (Wildman–Crippen LogP) is 2.05. The Bertz CT molecular complexity index is 1110. The molecule has 2 aromatic rings. The molecule has 0 saturated heterocycles. The molecule has 1 aromatic carbocycles. The van der Waals surface area contributed by atoms with Crippen molar-refractivity contribution in [3.63, 3.8) is 0 Å². The van der Waals surface area contributed by atoms with Crippen molar-refractivity contribution in [3.8, 4) is 11.8 Å². The van der Waals surface area contributed by atoms with E-state index in [1.54, 1.807) is 0 Å². The molecule has 0 bridgehead atoms. The highest BCUT2D eigenvalue weighted by Crippen LogP contribution is 2.16. The third-order valence-corrected chi connectivity index (χ3v) is 5.37. The second-order valence-corrected chi connectivity index (χ2v) is 8.25. The van der Waals surface area contributed by atoms with Gasteiger partial charge in [-0.05, 0) is 69.5 Å². The van der Waals surface area contributed by atoms with Gasteiger partial charge in [-0.1, -0.05) is 18.3 Å². The van der Waals surface area contributed by atoms with Gasteiger partial charge in [0.15, 0.2) is 11.6 Å². The lowest BCUT2D eigenvalue weighted by molar-refractivity contribution is -0.127. The molecule has 37 heavy (non-hydrogen) atoms. The molecular formula is C25H30F4N6O2. The van der Waals surface area contributed by atoms with Crippen molar-refractivity contribution in [2.45, 2.75) is 50.6 Å². The summed E-state index contributed by atoms with van der Waals surface area (Å²) < 4.78 is 53.9. The van der Waals surface area contributed by atoms with E-state index in [0.717, 1.165) is 6.42 Å². The standard InChI is InChI=1S/C25H30F4N6O2/c26-20-17(21(27)23(29)35-22(20)28)12-9-15-7-10-16(11-8-15)33-25(37)19(6-2-4-14-31)34-24(36)18(32)5-1-3-13-30/h7-8,10-11,18-19H,1-6,13-14,30-32H2,(H,33,37)(H,34,36). The highest BCUT2D eigenvalue weighted by molar-refractivity contribution is 5.97. The van der Waals surface area contributed by atoms with Crippen LogP contribution in [-0.2, 0) is 9.59 Å². The van der Waals surface area contributed by atoms with E-state index >= 15 is 0 Å². The van der Waals surface area contributed by atoms with Crippen molar-refractivity contribution in [2.75, 3.05) is 18.4 Å². The molecular weight excluding hydrogens is 492 g/mol. The predicted molar refractivity (Wildman–Crippen MR) is 131 cm³/mol. The van der Waals surface area contributed by atoms with E-state index in [-0.39, 0.29) is 5.56 Å². The molecule has 0 saturated carbocycles. The Morgan fingerprint density at radius 3 is 1.97 bits per heavy atom. The highest BCUT2D eigenvalue weighted by Gasteiger charge is 2.23. The van der Waals surface area contributed by atoms with Gasteiger partial charge in [-0.3, -0.25) is 9.59 Å². The molecule has 8 nitrogen and oxygen atoms in total. The zero-order chi connectivity index (χ0) is 27.4. The lowest BCUT2D eigenvalue weighted by Crippen LogP contribution is -2.50. The summed E-state index contributed by atoms with van der Waals surface area (Å²) in [6, 6.07) is 4.19. The molecule has 2 amide bonds. The molecule has 2 unspecified atom stereocenters. The molecule has 0 aliphatic rings. The Morgan fingerprint density at radius 2 is 1.41 bits per heavy atom. The number of halogens is 4. The second-order valence-electron chi connectivity index (χ2n) is 8.25. The number of amides is 2. The topological polar surface area (TPSA) is 149 Å². The van der Waals surface area contributed by atoms with Gasteiger partial charge < -0.3 is 27.8 Å². The van der Waals surface area contributed by atoms with Gasteiger partial charge in [-0.25, -0.2) is 8.78 Å². The normalized spacial score (nSPS) is 12.3. The van der Waals surface area contributed by atoms with Crippen LogP contribution in [0, 0.1) is 35.4 Å². The molecule has 0 fully saturated rings. The van der Waals surface area contributed by atoms with Crippen LogP contribution in [0.5, 0.6) is 0 Å². The summed E-state index contributed by atoms with van der Waals surface area (Å²) in [4.78, 5) is 27.8. The Morgan fingerprint density at radius 1 is 0.838 bits per heavy atom. The van der Waals surface area contributed by atoms with E-state index < -0.39 is 53.0 Å². The molecule has 8 N–H and O–H groups in total. The maximum absolute atomic E-state index is 13.7. The summed E-state index contributed by atoms with van der Waals surface area (Å²) >= 11 is 0. The summed E-state index contributed by atoms with van der Waals surface area (Å²) in [7, 11) is 0. The van der Waals surface area contributed by atoms with Crippen LogP contribution in [0.15, 0.2) is 24.3 Å². The van der Waals surface area contributed by atoms with Gasteiger partial charge in [-0.2, -0.15) is 13.8 Å². The quantitative estimate of drug-likeness (QED) is 0.125. The smallest absolute Gasteiger partial charge is 0.253 e. The van der Waals surface area contributed by atoms with Crippen molar-refractivity contribution < 1.29 is 27.2 Å². The van der Waals surface area contributed by atoms with Gasteiger partial charge in [-0.15, -0.1) is 0 Å². The minimum atomic E-state index is -1.80.